The molecule has 0 saturated heterocycles. The Balaban J connectivity index is 2.84. The fourth-order valence-electron chi connectivity index (χ4n) is 1.17. The fraction of sp³-hybridized carbons (Fsp3) is 0.250. The SMILES string of the molecule is C/C=C/C(=O)C(O)c1ccc(C)cc1. The van der Waals surface area contributed by atoms with Gasteiger partial charge in [0.05, 0.1) is 0 Å². The van der Waals surface area contributed by atoms with E-state index in [0.717, 1.165) is 5.56 Å². The van der Waals surface area contributed by atoms with Crippen LogP contribution in [0, 0.1) is 6.92 Å². The number of hydrogen-bond acceptors (Lipinski definition) is 2. The summed E-state index contributed by atoms with van der Waals surface area (Å²) in [6.07, 6.45) is 1.97. The van der Waals surface area contributed by atoms with E-state index >= 15 is 0 Å². The van der Waals surface area contributed by atoms with Crippen LogP contribution in [0.25, 0.3) is 0 Å². The van der Waals surface area contributed by atoms with Crippen LogP contribution in [-0.4, -0.2) is 10.9 Å². The Morgan fingerprint density at radius 1 is 1.36 bits per heavy atom. The van der Waals surface area contributed by atoms with Gasteiger partial charge >= 0.3 is 0 Å². The highest BCUT2D eigenvalue weighted by atomic mass is 16.3. The summed E-state index contributed by atoms with van der Waals surface area (Å²) in [6.45, 7) is 3.71. The van der Waals surface area contributed by atoms with Crippen LogP contribution in [0.4, 0.5) is 0 Å². The number of aliphatic hydroxyl groups is 1. The lowest BCUT2D eigenvalue weighted by Crippen LogP contribution is -2.08. The Kier molecular flexibility index (Phi) is 3.60. The summed E-state index contributed by atoms with van der Waals surface area (Å²) in [7, 11) is 0. The van der Waals surface area contributed by atoms with Crippen molar-refractivity contribution in [2.24, 2.45) is 0 Å². The van der Waals surface area contributed by atoms with Gasteiger partial charge in [0.2, 0.25) is 0 Å². The summed E-state index contributed by atoms with van der Waals surface area (Å²) in [5, 5.41) is 9.61. The minimum absolute atomic E-state index is 0.281. The van der Waals surface area contributed by atoms with Gasteiger partial charge in [0, 0.05) is 0 Å². The minimum atomic E-state index is -1.04. The monoisotopic (exact) mass is 190 g/mol. The number of rotatable bonds is 3. The number of aryl methyl sites for hydroxylation is 1. The number of ketones is 1. The van der Waals surface area contributed by atoms with Gasteiger partial charge in [0.25, 0.3) is 0 Å². The van der Waals surface area contributed by atoms with Gasteiger partial charge in [-0.3, -0.25) is 4.79 Å². The van der Waals surface area contributed by atoms with Crippen molar-refractivity contribution in [1.82, 2.24) is 0 Å². The van der Waals surface area contributed by atoms with Crippen LogP contribution in [-0.2, 0) is 4.79 Å². The van der Waals surface area contributed by atoms with E-state index in [4.69, 9.17) is 0 Å². The maximum absolute atomic E-state index is 11.3. The molecule has 0 bridgehead atoms. The molecule has 14 heavy (non-hydrogen) atoms. The second-order valence-corrected chi connectivity index (χ2v) is 3.22. The largest absolute Gasteiger partial charge is 0.380 e. The topological polar surface area (TPSA) is 37.3 Å². The molecule has 1 aromatic rings. The van der Waals surface area contributed by atoms with Gasteiger partial charge in [0.15, 0.2) is 5.78 Å². The predicted molar refractivity (Wildman–Crippen MR) is 56.0 cm³/mol. The summed E-state index contributed by atoms with van der Waals surface area (Å²) in [4.78, 5) is 11.3. The highest BCUT2D eigenvalue weighted by Crippen LogP contribution is 2.14. The first-order valence-corrected chi connectivity index (χ1v) is 4.56. The van der Waals surface area contributed by atoms with Gasteiger partial charge in [-0.2, -0.15) is 0 Å². The number of benzene rings is 1. The summed E-state index contributed by atoms with van der Waals surface area (Å²) < 4.78 is 0. The molecule has 0 spiro atoms. The molecule has 0 aliphatic carbocycles. The molecule has 1 N–H and O–H groups in total. The van der Waals surface area contributed by atoms with Crippen molar-refractivity contribution < 1.29 is 9.90 Å². The first-order valence-electron chi connectivity index (χ1n) is 4.56. The van der Waals surface area contributed by atoms with Crippen molar-refractivity contribution in [2.75, 3.05) is 0 Å². The molecule has 1 rings (SSSR count). The Morgan fingerprint density at radius 2 is 1.93 bits per heavy atom. The highest BCUT2D eigenvalue weighted by Gasteiger charge is 2.13. The quantitative estimate of drug-likeness (QED) is 0.742. The summed E-state index contributed by atoms with van der Waals surface area (Å²) >= 11 is 0. The van der Waals surface area contributed by atoms with Crippen molar-refractivity contribution in [3.05, 3.63) is 47.5 Å². The molecule has 1 unspecified atom stereocenters. The van der Waals surface area contributed by atoms with Crippen molar-refractivity contribution in [3.8, 4) is 0 Å². The third-order valence-electron chi connectivity index (χ3n) is 1.99. The van der Waals surface area contributed by atoms with E-state index in [1.165, 1.54) is 6.08 Å². The third-order valence-corrected chi connectivity index (χ3v) is 1.99. The lowest BCUT2D eigenvalue weighted by Gasteiger charge is -2.07. The number of allylic oxidation sites excluding steroid dienone is 1. The third kappa shape index (κ3) is 2.54. The molecule has 0 saturated carbocycles. The molecule has 2 nitrogen and oxygen atoms in total. The Morgan fingerprint density at radius 3 is 2.43 bits per heavy atom. The van der Waals surface area contributed by atoms with E-state index in [0.29, 0.717) is 5.56 Å². The van der Waals surface area contributed by atoms with Gasteiger partial charge in [-0.25, -0.2) is 0 Å². The number of carbonyl (C=O) groups is 1. The van der Waals surface area contributed by atoms with E-state index in [1.807, 2.05) is 19.1 Å². The molecule has 0 heterocycles. The maximum Gasteiger partial charge on any atom is 0.188 e. The van der Waals surface area contributed by atoms with Crippen LogP contribution >= 0.6 is 0 Å². The molecule has 0 aliphatic heterocycles. The molecular formula is C12H14O2. The second kappa shape index (κ2) is 4.72. The normalized spacial score (nSPS) is 13.1. The Labute approximate surface area is 83.9 Å². The zero-order chi connectivity index (χ0) is 10.6. The molecular weight excluding hydrogens is 176 g/mol. The van der Waals surface area contributed by atoms with Crippen molar-refractivity contribution in [3.63, 3.8) is 0 Å². The van der Waals surface area contributed by atoms with Crippen molar-refractivity contribution in [1.29, 1.82) is 0 Å². The van der Waals surface area contributed by atoms with Gasteiger partial charge in [-0.05, 0) is 25.5 Å². The Hall–Kier alpha value is -1.41. The minimum Gasteiger partial charge on any atom is -0.380 e. The summed E-state index contributed by atoms with van der Waals surface area (Å²) in [6, 6.07) is 7.28. The molecule has 0 aromatic heterocycles. The van der Waals surface area contributed by atoms with E-state index in [2.05, 4.69) is 0 Å². The van der Waals surface area contributed by atoms with Gasteiger partial charge < -0.3 is 5.11 Å². The second-order valence-electron chi connectivity index (χ2n) is 3.22. The van der Waals surface area contributed by atoms with Crippen molar-refractivity contribution in [2.45, 2.75) is 20.0 Å². The average molecular weight is 190 g/mol. The van der Waals surface area contributed by atoms with Crippen LogP contribution in [0.1, 0.15) is 24.2 Å². The van der Waals surface area contributed by atoms with E-state index in [9.17, 15) is 9.90 Å². The zero-order valence-electron chi connectivity index (χ0n) is 8.40. The number of aliphatic hydroxyl groups excluding tert-OH is 1. The average Bonchev–Trinajstić information content (AvgIpc) is 2.18. The van der Waals surface area contributed by atoms with E-state index in [1.54, 1.807) is 25.1 Å². The predicted octanol–water partition coefficient (Wildman–Crippen LogP) is 2.17. The van der Waals surface area contributed by atoms with Crippen LogP contribution in [0.3, 0.4) is 0 Å². The number of carbonyl (C=O) groups excluding carboxylic acids is 1. The molecule has 0 aliphatic rings. The summed E-state index contributed by atoms with van der Waals surface area (Å²) in [5.41, 5.74) is 1.75. The van der Waals surface area contributed by atoms with Crippen LogP contribution in [0.15, 0.2) is 36.4 Å². The Bertz CT molecular complexity index is 336. The number of hydrogen-bond donors (Lipinski definition) is 1. The smallest absolute Gasteiger partial charge is 0.188 e. The van der Waals surface area contributed by atoms with E-state index < -0.39 is 6.10 Å². The molecule has 74 valence electrons. The molecule has 0 amide bonds. The molecule has 0 fully saturated rings. The van der Waals surface area contributed by atoms with Crippen LogP contribution < -0.4 is 0 Å². The molecule has 1 atom stereocenters. The highest BCUT2D eigenvalue weighted by molar-refractivity contribution is 5.93. The fourth-order valence-corrected chi connectivity index (χ4v) is 1.17. The van der Waals surface area contributed by atoms with Gasteiger partial charge in [0.1, 0.15) is 6.10 Å². The first kappa shape index (κ1) is 10.7. The van der Waals surface area contributed by atoms with Crippen LogP contribution in [0.2, 0.25) is 0 Å². The lowest BCUT2D eigenvalue weighted by atomic mass is 10.0. The first-order chi connectivity index (χ1) is 6.65. The lowest BCUT2D eigenvalue weighted by molar-refractivity contribution is -0.122. The maximum atomic E-state index is 11.3. The van der Waals surface area contributed by atoms with Gasteiger partial charge in [-0.1, -0.05) is 35.9 Å². The zero-order valence-corrected chi connectivity index (χ0v) is 8.40. The van der Waals surface area contributed by atoms with E-state index in [-0.39, 0.29) is 5.78 Å². The molecule has 1 aromatic carbocycles. The van der Waals surface area contributed by atoms with Crippen LogP contribution in [0.5, 0.6) is 0 Å². The van der Waals surface area contributed by atoms with Gasteiger partial charge in [-0.15, -0.1) is 0 Å². The standard InChI is InChI=1S/C12H14O2/c1-3-4-11(13)12(14)10-7-5-9(2)6-8-10/h3-8,12,14H,1-2H3/b4-3+. The van der Waals surface area contributed by atoms with Crippen molar-refractivity contribution >= 4 is 5.78 Å². The summed E-state index contributed by atoms with van der Waals surface area (Å²) in [5.74, 6) is -0.281. The molecule has 0 radical (unpaired) electrons. The molecule has 2 heteroatoms.